The Kier molecular flexibility index (Phi) is 7.58. The molecule has 0 fully saturated rings. The van der Waals surface area contributed by atoms with Gasteiger partial charge in [-0.05, 0) is 6.42 Å². The van der Waals surface area contributed by atoms with Crippen molar-refractivity contribution in [3.8, 4) is 0 Å². The highest BCUT2D eigenvalue weighted by atomic mass is 31.2. The van der Waals surface area contributed by atoms with Gasteiger partial charge in [0.2, 0.25) is 0 Å². The summed E-state index contributed by atoms with van der Waals surface area (Å²) < 4.78 is 25.1. The number of carbonyl (C=O) groups is 1. The van der Waals surface area contributed by atoms with E-state index in [2.05, 4.69) is 4.52 Å². The Morgan fingerprint density at radius 1 is 1.44 bits per heavy atom. The Labute approximate surface area is 95.5 Å². The van der Waals surface area contributed by atoms with E-state index in [0.717, 1.165) is 13.5 Å². The van der Waals surface area contributed by atoms with Gasteiger partial charge in [0.15, 0.2) is 0 Å². The van der Waals surface area contributed by atoms with Crippen molar-refractivity contribution in [1.29, 1.82) is 0 Å². The number of carbonyl (C=O) groups excluding carboxylic acids is 1. The van der Waals surface area contributed by atoms with Crippen LogP contribution >= 0.6 is 7.82 Å². The van der Waals surface area contributed by atoms with Crippen molar-refractivity contribution in [2.45, 2.75) is 39.2 Å². The number of hydrogen-bond donors (Lipinski definition) is 1. The molecule has 7 heteroatoms. The summed E-state index contributed by atoms with van der Waals surface area (Å²) in [4.78, 5) is 20.0. The molecular weight excluding hydrogens is 235 g/mol. The second-order valence-electron chi connectivity index (χ2n) is 3.20. The lowest BCUT2D eigenvalue weighted by atomic mass is 10.2. The van der Waals surface area contributed by atoms with Gasteiger partial charge < -0.3 is 9.63 Å². The molecule has 0 rings (SSSR count). The van der Waals surface area contributed by atoms with Crippen LogP contribution in [0.4, 0.5) is 0 Å². The minimum atomic E-state index is -4.02. The predicted molar refractivity (Wildman–Crippen MR) is 57.9 cm³/mol. The SMILES string of the molecule is CCCC(COC(=O)CC)OP(=O)(O)OC. The van der Waals surface area contributed by atoms with E-state index in [1.807, 2.05) is 6.92 Å². The molecule has 0 heterocycles. The third-order valence-corrected chi connectivity index (χ3v) is 2.87. The van der Waals surface area contributed by atoms with E-state index in [0.29, 0.717) is 6.42 Å². The average Bonchev–Trinajstić information content (AvgIpc) is 2.25. The summed E-state index contributed by atoms with van der Waals surface area (Å²) in [6.45, 7) is 3.53. The molecule has 6 nitrogen and oxygen atoms in total. The fourth-order valence-electron chi connectivity index (χ4n) is 1.01. The highest BCUT2D eigenvalue weighted by molar-refractivity contribution is 7.47. The molecular formula is C9H19O6P. The van der Waals surface area contributed by atoms with Crippen molar-refractivity contribution < 1.29 is 28.0 Å². The number of esters is 1. The normalized spacial score (nSPS) is 16.5. The zero-order chi connectivity index (χ0) is 12.6. The Hall–Kier alpha value is -0.420. The summed E-state index contributed by atoms with van der Waals surface area (Å²) in [5.41, 5.74) is 0. The molecule has 0 aromatic heterocycles. The first kappa shape index (κ1) is 15.6. The van der Waals surface area contributed by atoms with E-state index < -0.39 is 13.9 Å². The smallest absolute Gasteiger partial charge is 0.463 e. The van der Waals surface area contributed by atoms with Gasteiger partial charge in [-0.2, -0.15) is 0 Å². The molecule has 0 saturated heterocycles. The first-order valence-electron chi connectivity index (χ1n) is 5.17. The number of phosphoric ester groups is 1. The average molecular weight is 254 g/mol. The summed E-state index contributed by atoms with van der Waals surface area (Å²) in [7, 11) is -2.93. The molecule has 1 N–H and O–H groups in total. The largest absolute Gasteiger partial charge is 0.472 e. The molecule has 0 saturated carbocycles. The molecule has 0 aliphatic heterocycles. The minimum Gasteiger partial charge on any atom is -0.463 e. The highest BCUT2D eigenvalue weighted by Gasteiger charge is 2.25. The van der Waals surface area contributed by atoms with Gasteiger partial charge in [-0.15, -0.1) is 0 Å². The monoisotopic (exact) mass is 254 g/mol. The third kappa shape index (κ3) is 6.95. The minimum absolute atomic E-state index is 0.0333. The van der Waals surface area contributed by atoms with Gasteiger partial charge in [-0.25, -0.2) is 4.57 Å². The van der Waals surface area contributed by atoms with E-state index >= 15 is 0 Å². The van der Waals surface area contributed by atoms with E-state index in [-0.39, 0.29) is 19.0 Å². The summed E-state index contributed by atoms with van der Waals surface area (Å²) in [6, 6.07) is 0. The number of phosphoric acid groups is 1. The van der Waals surface area contributed by atoms with Crippen LogP contribution in [0.5, 0.6) is 0 Å². The molecule has 0 aliphatic carbocycles. The summed E-state index contributed by atoms with van der Waals surface area (Å²) >= 11 is 0. The maximum Gasteiger partial charge on any atom is 0.472 e. The quantitative estimate of drug-likeness (QED) is 0.526. The molecule has 0 aromatic rings. The van der Waals surface area contributed by atoms with Crippen molar-refractivity contribution in [3.05, 3.63) is 0 Å². The second-order valence-corrected chi connectivity index (χ2v) is 4.72. The van der Waals surface area contributed by atoms with Crippen molar-refractivity contribution >= 4 is 13.8 Å². The predicted octanol–water partition coefficient (Wildman–Crippen LogP) is 1.87. The summed E-state index contributed by atoms with van der Waals surface area (Å²) in [5.74, 6) is -0.366. The van der Waals surface area contributed by atoms with E-state index in [9.17, 15) is 9.36 Å². The van der Waals surface area contributed by atoms with Crippen LogP contribution in [-0.2, 0) is 23.1 Å². The van der Waals surface area contributed by atoms with Crippen molar-refractivity contribution in [1.82, 2.24) is 0 Å². The molecule has 0 radical (unpaired) electrons. The van der Waals surface area contributed by atoms with Crippen LogP contribution in [0, 0.1) is 0 Å². The summed E-state index contributed by atoms with van der Waals surface area (Å²) in [5, 5.41) is 0. The number of rotatable bonds is 8. The van der Waals surface area contributed by atoms with Gasteiger partial charge in [-0.3, -0.25) is 13.8 Å². The standard InChI is InChI=1S/C9H19O6P/c1-4-6-8(7-14-9(10)5-2)15-16(11,12)13-3/h8H,4-7H2,1-3H3,(H,11,12). The molecule has 0 aliphatic rings. The van der Waals surface area contributed by atoms with Crippen LogP contribution in [0.2, 0.25) is 0 Å². The molecule has 2 atom stereocenters. The lowest BCUT2D eigenvalue weighted by molar-refractivity contribution is -0.146. The zero-order valence-electron chi connectivity index (χ0n) is 9.84. The van der Waals surface area contributed by atoms with Gasteiger partial charge in [0, 0.05) is 13.5 Å². The zero-order valence-corrected chi connectivity index (χ0v) is 10.7. The fourth-order valence-corrected chi connectivity index (χ4v) is 1.64. The Balaban J connectivity index is 4.17. The maximum atomic E-state index is 11.2. The van der Waals surface area contributed by atoms with Gasteiger partial charge in [0.1, 0.15) is 12.7 Å². The summed E-state index contributed by atoms with van der Waals surface area (Å²) in [6.07, 6.45) is 0.916. The number of ether oxygens (including phenoxy) is 1. The fraction of sp³-hybridized carbons (Fsp3) is 0.889. The van der Waals surface area contributed by atoms with Crippen LogP contribution in [-0.4, -0.2) is 30.7 Å². The van der Waals surface area contributed by atoms with Crippen LogP contribution < -0.4 is 0 Å². The van der Waals surface area contributed by atoms with Gasteiger partial charge >= 0.3 is 13.8 Å². The van der Waals surface area contributed by atoms with Crippen molar-refractivity contribution in [3.63, 3.8) is 0 Å². The third-order valence-electron chi connectivity index (χ3n) is 1.84. The Bertz CT molecular complexity index is 254. The molecule has 0 bridgehead atoms. The van der Waals surface area contributed by atoms with Gasteiger partial charge in [-0.1, -0.05) is 20.3 Å². The Morgan fingerprint density at radius 2 is 2.06 bits per heavy atom. The molecule has 2 unspecified atom stereocenters. The van der Waals surface area contributed by atoms with Gasteiger partial charge in [0.25, 0.3) is 0 Å². The van der Waals surface area contributed by atoms with Crippen molar-refractivity contribution in [2.75, 3.05) is 13.7 Å². The maximum absolute atomic E-state index is 11.2. The molecule has 96 valence electrons. The highest BCUT2D eigenvalue weighted by Crippen LogP contribution is 2.44. The van der Waals surface area contributed by atoms with Crippen LogP contribution in [0.3, 0.4) is 0 Å². The van der Waals surface area contributed by atoms with E-state index in [1.165, 1.54) is 0 Å². The van der Waals surface area contributed by atoms with E-state index in [1.54, 1.807) is 6.92 Å². The van der Waals surface area contributed by atoms with Crippen LogP contribution in [0.15, 0.2) is 0 Å². The molecule has 0 spiro atoms. The number of hydrogen-bond acceptors (Lipinski definition) is 5. The molecule has 0 amide bonds. The lowest BCUT2D eigenvalue weighted by Gasteiger charge is -2.19. The Morgan fingerprint density at radius 3 is 2.50 bits per heavy atom. The molecule has 0 aromatic carbocycles. The molecule has 16 heavy (non-hydrogen) atoms. The van der Waals surface area contributed by atoms with Gasteiger partial charge in [0.05, 0.1) is 0 Å². The first-order valence-corrected chi connectivity index (χ1v) is 6.67. The van der Waals surface area contributed by atoms with Crippen LogP contribution in [0.1, 0.15) is 33.1 Å². The lowest BCUT2D eigenvalue weighted by Crippen LogP contribution is -2.21. The van der Waals surface area contributed by atoms with Crippen LogP contribution in [0.25, 0.3) is 0 Å². The van der Waals surface area contributed by atoms with E-state index in [4.69, 9.17) is 14.2 Å². The topological polar surface area (TPSA) is 82.1 Å². The van der Waals surface area contributed by atoms with Crippen molar-refractivity contribution in [2.24, 2.45) is 0 Å². The first-order chi connectivity index (χ1) is 7.45. The second kappa shape index (κ2) is 7.79.